The number of rotatable bonds is 5. The van der Waals surface area contributed by atoms with Crippen LogP contribution in [0.1, 0.15) is 11.3 Å². The maximum absolute atomic E-state index is 13.2. The first-order chi connectivity index (χ1) is 12.1. The first-order valence-corrected chi connectivity index (χ1v) is 8.75. The summed E-state index contributed by atoms with van der Waals surface area (Å²) in [6.45, 7) is 1.24. The molecule has 2 N–H and O–H groups in total. The topological polar surface area (TPSA) is 53.7 Å². The van der Waals surface area contributed by atoms with Crippen molar-refractivity contribution in [3.8, 4) is 0 Å². The standard InChI is InChI=1S/C18H19BrFN5/c1-21-18(22-8-7-13-3-2-4-15(20)9-13)23-10-16-12-25-11-14(19)5-6-17(25)24-16/h2-6,9,11-12H,7-8,10H2,1H3,(H2,21,22,23). The van der Waals surface area contributed by atoms with Gasteiger partial charge in [-0.05, 0) is 52.2 Å². The Bertz CT molecular complexity index is 890. The van der Waals surface area contributed by atoms with E-state index in [9.17, 15) is 4.39 Å². The highest BCUT2D eigenvalue weighted by Crippen LogP contribution is 2.12. The fourth-order valence-corrected chi connectivity index (χ4v) is 2.87. The van der Waals surface area contributed by atoms with Crippen LogP contribution in [-0.2, 0) is 13.0 Å². The van der Waals surface area contributed by atoms with Crippen LogP contribution in [0.2, 0.25) is 0 Å². The van der Waals surface area contributed by atoms with Gasteiger partial charge in [0, 0.05) is 30.5 Å². The van der Waals surface area contributed by atoms with Gasteiger partial charge < -0.3 is 15.0 Å². The summed E-state index contributed by atoms with van der Waals surface area (Å²) >= 11 is 3.45. The van der Waals surface area contributed by atoms with Crippen LogP contribution in [0.3, 0.4) is 0 Å². The Balaban J connectivity index is 1.51. The molecule has 0 radical (unpaired) electrons. The molecule has 5 nitrogen and oxygen atoms in total. The minimum absolute atomic E-state index is 0.210. The van der Waals surface area contributed by atoms with Crippen molar-refractivity contribution in [1.82, 2.24) is 20.0 Å². The zero-order valence-electron chi connectivity index (χ0n) is 13.8. The lowest BCUT2D eigenvalue weighted by Gasteiger charge is -2.11. The van der Waals surface area contributed by atoms with Crippen molar-refractivity contribution in [3.63, 3.8) is 0 Å². The van der Waals surface area contributed by atoms with Crippen LogP contribution >= 0.6 is 15.9 Å². The van der Waals surface area contributed by atoms with Crippen molar-refractivity contribution >= 4 is 27.5 Å². The Kier molecular flexibility index (Phi) is 5.65. The van der Waals surface area contributed by atoms with Gasteiger partial charge in [-0.2, -0.15) is 0 Å². The van der Waals surface area contributed by atoms with Crippen LogP contribution in [0.5, 0.6) is 0 Å². The average Bonchev–Trinajstić information content (AvgIpc) is 3.00. The maximum Gasteiger partial charge on any atom is 0.191 e. The minimum Gasteiger partial charge on any atom is -0.356 e. The lowest BCUT2D eigenvalue weighted by molar-refractivity contribution is 0.625. The minimum atomic E-state index is -0.210. The summed E-state index contributed by atoms with van der Waals surface area (Å²) in [6.07, 6.45) is 4.67. The van der Waals surface area contributed by atoms with E-state index in [0.29, 0.717) is 19.0 Å². The predicted molar refractivity (Wildman–Crippen MR) is 101 cm³/mol. The average molecular weight is 404 g/mol. The van der Waals surface area contributed by atoms with Gasteiger partial charge in [-0.25, -0.2) is 9.37 Å². The van der Waals surface area contributed by atoms with Gasteiger partial charge in [0.2, 0.25) is 0 Å². The molecule has 0 unspecified atom stereocenters. The number of imidazole rings is 1. The van der Waals surface area contributed by atoms with Gasteiger partial charge in [-0.1, -0.05) is 12.1 Å². The van der Waals surface area contributed by atoms with Crippen molar-refractivity contribution in [2.45, 2.75) is 13.0 Å². The number of aliphatic imine (C=N–C) groups is 1. The Morgan fingerprint density at radius 2 is 2.12 bits per heavy atom. The van der Waals surface area contributed by atoms with Gasteiger partial charge in [0.1, 0.15) is 11.5 Å². The Labute approximate surface area is 154 Å². The second-order valence-corrected chi connectivity index (χ2v) is 6.49. The molecule has 2 heterocycles. The zero-order valence-corrected chi connectivity index (χ0v) is 15.4. The lowest BCUT2D eigenvalue weighted by Crippen LogP contribution is -2.37. The molecule has 2 aromatic heterocycles. The van der Waals surface area contributed by atoms with Crippen LogP contribution in [0.15, 0.2) is 58.3 Å². The van der Waals surface area contributed by atoms with Gasteiger partial charge in [0.15, 0.2) is 5.96 Å². The molecule has 0 aliphatic rings. The fourth-order valence-electron chi connectivity index (χ4n) is 2.51. The van der Waals surface area contributed by atoms with Crippen LogP contribution in [0.25, 0.3) is 5.65 Å². The van der Waals surface area contributed by atoms with Crippen LogP contribution in [0.4, 0.5) is 4.39 Å². The highest BCUT2D eigenvalue weighted by Gasteiger charge is 2.04. The van der Waals surface area contributed by atoms with Gasteiger partial charge >= 0.3 is 0 Å². The molecule has 0 spiro atoms. The lowest BCUT2D eigenvalue weighted by atomic mass is 10.1. The molecule has 3 aromatic rings. The van der Waals surface area contributed by atoms with E-state index in [1.807, 2.05) is 35.0 Å². The SMILES string of the molecule is CN=C(NCCc1cccc(F)c1)NCc1cn2cc(Br)ccc2n1. The van der Waals surface area contributed by atoms with Gasteiger partial charge in [-0.15, -0.1) is 0 Å². The zero-order chi connectivity index (χ0) is 17.6. The highest BCUT2D eigenvalue weighted by atomic mass is 79.9. The maximum atomic E-state index is 13.2. The second kappa shape index (κ2) is 8.11. The first-order valence-electron chi connectivity index (χ1n) is 7.96. The molecule has 25 heavy (non-hydrogen) atoms. The predicted octanol–water partition coefficient (Wildman–Crippen LogP) is 3.14. The number of halogens is 2. The smallest absolute Gasteiger partial charge is 0.191 e. The number of benzene rings is 1. The van der Waals surface area contributed by atoms with E-state index in [4.69, 9.17) is 0 Å². The fraction of sp³-hybridized carbons (Fsp3) is 0.222. The first kappa shape index (κ1) is 17.4. The van der Waals surface area contributed by atoms with Crippen molar-refractivity contribution in [2.75, 3.05) is 13.6 Å². The third-order valence-electron chi connectivity index (χ3n) is 3.72. The summed E-state index contributed by atoms with van der Waals surface area (Å²) in [4.78, 5) is 8.75. The molecular weight excluding hydrogens is 385 g/mol. The number of pyridine rings is 1. The van der Waals surface area contributed by atoms with E-state index in [1.165, 1.54) is 6.07 Å². The van der Waals surface area contributed by atoms with Crippen LogP contribution in [-0.4, -0.2) is 28.9 Å². The van der Waals surface area contributed by atoms with Crippen molar-refractivity contribution < 1.29 is 4.39 Å². The van der Waals surface area contributed by atoms with E-state index >= 15 is 0 Å². The molecule has 0 saturated heterocycles. The number of nitrogens with zero attached hydrogens (tertiary/aromatic N) is 3. The molecule has 0 bridgehead atoms. The third kappa shape index (κ3) is 4.79. The molecule has 0 saturated carbocycles. The summed E-state index contributed by atoms with van der Waals surface area (Å²) in [5.41, 5.74) is 2.77. The summed E-state index contributed by atoms with van der Waals surface area (Å²) in [6, 6.07) is 10.6. The van der Waals surface area contributed by atoms with Crippen LogP contribution in [0, 0.1) is 5.82 Å². The summed E-state index contributed by atoms with van der Waals surface area (Å²) in [5.74, 6) is 0.480. The van der Waals surface area contributed by atoms with Gasteiger partial charge in [0.25, 0.3) is 0 Å². The van der Waals surface area contributed by atoms with E-state index < -0.39 is 0 Å². The number of fused-ring (bicyclic) bond motifs is 1. The Morgan fingerprint density at radius 3 is 2.92 bits per heavy atom. The number of hydrogen-bond acceptors (Lipinski definition) is 2. The van der Waals surface area contributed by atoms with E-state index in [-0.39, 0.29) is 5.82 Å². The van der Waals surface area contributed by atoms with Crippen molar-refractivity contribution in [1.29, 1.82) is 0 Å². The second-order valence-electron chi connectivity index (χ2n) is 5.58. The summed E-state index contributed by atoms with van der Waals surface area (Å²) in [5, 5.41) is 6.46. The molecule has 0 atom stereocenters. The summed E-state index contributed by atoms with van der Waals surface area (Å²) in [7, 11) is 1.72. The molecular formula is C18H19BrFN5. The highest BCUT2D eigenvalue weighted by molar-refractivity contribution is 9.10. The third-order valence-corrected chi connectivity index (χ3v) is 4.19. The number of guanidine groups is 1. The van der Waals surface area contributed by atoms with Crippen molar-refractivity contribution in [3.05, 3.63) is 70.3 Å². The number of hydrogen-bond donors (Lipinski definition) is 2. The van der Waals surface area contributed by atoms with Crippen LogP contribution < -0.4 is 10.6 Å². The molecule has 0 amide bonds. The van der Waals surface area contributed by atoms with E-state index in [0.717, 1.165) is 27.8 Å². The molecule has 1 aromatic carbocycles. The number of aromatic nitrogens is 2. The molecule has 0 aliphatic heterocycles. The molecule has 3 rings (SSSR count). The van der Waals surface area contributed by atoms with E-state index in [2.05, 4.69) is 36.5 Å². The molecule has 0 aliphatic carbocycles. The largest absolute Gasteiger partial charge is 0.356 e. The van der Waals surface area contributed by atoms with Gasteiger partial charge in [-0.3, -0.25) is 4.99 Å². The number of nitrogens with one attached hydrogen (secondary N) is 2. The van der Waals surface area contributed by atoms with Gasteiger partial charge in [0.05, 0.1) is 12.2 Å². The van der Waals surface area contributed by atoms with E-state index in [1.54, 1.807) is 19.2 Å². The Morgan fingerprint density at radius 1 is 1.24 bits per heavy atom. The molecule has 130 valence electrons. The summed E-state index contributed by atoms with van der Waals surface area (Å²) < 4.78 is 16.2. The van der Waals surface area contributed by atoms with Crippen molar-refractivity contribution in [2.24, 2.45) is 4.99 Å². The molecule has 7 heteroatoms. The quantitative estimate of drug-likeness (QED) is 0.508. The monoisotopic (exact) mass is 403 g/mol. The normalized spacial score (nSPS) is 11.7. The molecule has 0 fully saturated rings. The Hall–Kier alpha value is -2.41.